The van der Waals surface area contributed by atoms with Crippen LogP contribution in [0.15, 0.2) is 4.99 Å². The van der Waals surface area contributed by atoms with Crippen molar-refractivity contribution in [2.45, 2.75) is 75.0 Å². The van der Waals surface area contributed by atoms with Gasteiger partial charge in [-0.05, 0) is 50.7 Å². The van der Waals surface area contributed by atoms with E-state index in [1.54, 1.807) is 0 Å². The van der Waals surface area contributed by atoms with E-state index in [1.165, 1.54) is 68.7 Å². The summed E-state index contributed by atoms with van der Waals surface area (Å²) in [5, 5.41) is 5.05. The molecule has 1 spiro atoms. The van der Waals surface area contributed by atoms with Crippen molar-refractivity contribution in [3.8, 4) is 0 Å². The molecule has 0 radical (unpaired) electrons. The van der Waals surface area contributed by atoms with Crippen LogP contribution >= 0.6 is 23.5 Å². The quantitative estimate of drug-likeness (QED) is 0.814. The molecule has 3 rings (SSSR count). The van der Waals surface area contributed by atoms with Crippen LogP contribution in [-0.4, -0.2) is 34.0 Å². The number of aliphatic imine (C=N–C) groups is 1. The highest BCUT2D eigenvalue weighted by atomic mass is 32.2. The van der Waals surface area contributed by atoms with Gasteiger partial charge in [-0.25, -0.2) is 0 Å². The molecule has 0 amide bonds. The Labute approximate surface area is 138 Å². The first-order valence-corrected chi connectivity index (χ1v) is 10.9. The minimum atomic E-state index is 0.384. The van der Waals surface area contributed by atoms with Crippen LogP contribution in [0.4, 0.5) is 0 Å². The van der Waals surface area contributed by atoms with E-state index in [1.807, 2.05) is 11.8 Å². The Morgan fingerprint density at radius 3 is 2.57 bits per heavy atom. The lowest BCUT2D eigenvalue weighted by Crippen LogP contribution is -2.46. The molecule has 2 aliphatic carbocycles. The zero-order chi connectivity index (χ0) is 14.8. The topological polar surface area (TPSA) is 24.4 Å². The number of rotatable bonds is 3. The van der Waals surface area contributed by atoms with Gasteiger partial charge in [0.1, 0.15) is 0 Å². The van der Waals surface area contributed by atoms with Crippen molar-refractivity contribution in [1.82, 2.24) is 5.32 Å². The molecule has 3 fully saturated rings. The van der Waals surface area contributed by atoms with Crippen molar-refractivity contribution in [2.24, 2.45) is 10.9 Å². The molecule has 2 nitrogen and oxygen atoms in total. The van der Waals surface area contributed by atoms with Crippen molar-refractivity contribution in [3.63, 3.8) is 0 Å². The first-order valence-electron chi connectivity index (χ1n) is 8.66. The van der Waals surface area contributed by atoms with Crippen molar-refractivity contribution in [3.05, 3.63) is 0 Å². The highest BCUT2D eigenvalue weighted by Gasteiger charge is 2.40. The maximum atomic E-state index is 5.01. The average molecular weight is 327 g/mol. The van der Waals surface area contributed by atoms with E-state index in [9.17, 15) is 0 Å². The molecule has 120 valence electrons. The number of hydrogen-bond acceptors (Lipinski definition) is 3. The van der Waals surface area contributed by atoms with Crippen LogP contribution in [0.5, 0.6) is 0 Å². The normalized spacial score (nSPS) is 37.8. The second-order valence-corrected chi connectivity index (χ2v) is 9.68. The number of hydrogen-bond donors (Lipinski definition) is 1. The van der Waals surface area contributed by atoms with Crippen LogP contribution in [0.2, 0.25) is 0 Å². The van der Waals surface area contributed by atoms with Gasteiger partial charge in [0.25, 0.3) is 0 Å². The summed E-state index contributed by atoms with van der Waals surface area (Å²) in [4.78, 5) is 5.01. The minimum absolute atomic E-state index is 0.384. The molecule has 0 aromatic rings. The van der Waals surface area contributed by atoms with Gasteiger partial charge in [0.2, 0.25) is 0 Å². The van der Waals surface area contributed by atoms with E-state index >= 15 is 0 Å². The smallest absolute Gasteiger partial charge is 0.157 e. The summed E-state index contributed by atoms with van der Waals surface area (Å²) >= 11 is 4.04. The highest BCUT2D eigenvalue weighted by Crippen LogP contribution is 2.41. The van der Waals surface area contributed by atoms with Gasteiger partial charge in [-0.1, -0.05) is 37.9 Å². The molecule has 3 aliphatic rings. The van der Waals surface area contributed by atoms with E-state index in [0.29, 0.717) is 10.3 Å². The molecule has 0 aromatic carbocycles. The lowest BCUT2D eigenvalue weighted by atomic mass is 9.78. The fraction of sp³-hybridized carbons (Fsp3) is 0.941. The SMILES string of the molecule is CSC1(CN=C2NC3(CCC(C)CC3)CS2)CCCCC1. The van der Waals surface area contributed by atoms with E-state index < -0.39 is 0 Å². The monoisotopic (exact) mass is 326 g/mol. The number of amidine groups is 1. The molecule has 4 heteroatoms. The average Bonchev–Trinajstić information content (AvgIpc) is 2.93. The Bertz CT molecular complexity index is 380. The van der Waals surface area contributed by atoms with Crippen molar-refractivity contribution in [2.75, 3.05) is 18.6 Å². The molecule has 21 heavy (non-hydrogen) atoms. The Kier molecular flexibility index (Phi) is 5.15. The third-order valence-corrected chi connectivity index (χ3v) is 8.40. The van der Waals surface area contributed by atoms with Gasteiger partial charge in [-0.2, -0.15) is 11.8 Å². The lowest BCUT2D eigenvalue weighted by Gasteiger charge is -2.36. The second-order valence-electron chi connectivity index (χ2n) is 7.45. The summed E-state index contributed by atoms with van der Waals surface area (Å²) in [5.74, 6) is 2.16. The predicted molar refractivity (Wildman–Crippen MR) is 97.6 cm³/mol. The summed E-state index contributed by atoms with van der Waals surface area (Å²) < 4.78 is 0.435. The van der Waals surface area contributed by atoms with Crippen LogP contribution in [0.3, 0.4) is 0 Å². The predicted octanol–water partition coefficient (Wildman–Crippen LogP) is 4.69. The third-order valence-electron chi connectivity index (χ3n) is 5.80. The maximum Gasteiger partial charge on any atom is 0.157 e. The van der Waals surface area contributed by atoms with E-state index in [2.05, 4.69) is 30.3 Å². The summed E-state index contributed by atoms with van der Waals surface area (Å²) in [6.07, 6.45) is 14.7. The van der Waals surface area contributed by atoms with Crippen LogP contribution in [-0.2, 0) is 0 Å². The Hall–Kier alpha value is 0.170. The molecule has 2 saturated carbocycles. The van der Waals surface area contributed by atoms with Crippen molar-refractivity contribution < 1.29 is 0 Å². The first-order chi connectivity index (χ1) is 10.2. The van der Waals surface area contributed by atoms with Gasteiger partial charge in [0.15, 0.2) is 5.17 Å². The first kappa shape index (κ1) is 16.0. The van der Waals surface area contributed by atoms with Gasteiger partial charge in [0, 0.05) is 16.0 Å². The fourth-order valence-electron chi connectivity index (χ4n) is 4.01. The number of thioether (sulfide) groups is 2. The zero-order valence-corrected chi connectivity index (χ0v) is 15.3. The molecular weight excluding hydrogens is 296 g/mol. The zero-order valence-electron chi connectivity index (χ0n) is 13.6. The Morgan fingerprint density at radius 2 is 1.90 bits per heavy atom. The van der Waals surface area contributed by atoms with Crippen molar-refractivity contribution in [1.29, 1.82) is 0 Å². The fourth-order valence-corrected chi connectivity index (χ4v) is 6.12. The Balaban J connectivity index is 1.58. The van der Waals surface area contributed by atoms with Gasteiger partial charge in [-0.3, -0.25) is 4.99 Å². The Morgan fingerprint density at radius 1 is 1.19 bits per heavy atom. The van der Waals surface area contributed by atoms with E-state index in [-0.39, 0.29) is 0 Å². The highest BCUT2D eigenvalue weighted by molar-refractivity contribution is 8.14. The van der Waals surface area contributed by atoms with Gasteiger partial charge < -0.3 is 5.32 Å². The van der Waals surface area contributed by atoms with Gasteiger partial charge in [0.05, 0.1) is 6.54 Å². The van der Waals surface area contributed by atoms with E-state index in [0.717, 1.165) is 12.5 Å². The molecule has 0 atom stereocenters. The molecule has 0 unspecified atom stereocenters. The summed E-state index contributed by atoms with van der Waals surface area (Å²) in [6, 6.07) is 0. The summed E-state index contributed by atoms with van der Waals surface area (Å²) in [6.45, 7) is 3.42. The molecule has 0 bridgehead atoms. The maximum absolute atomic E-state index is 5.01. The molecule has 1 heterocycles. The molecule has 1 N–H and O–H groups in total. The third kappa shape index (κ3) is 3.74. The minimum Gasteiger partial charge on any atom is -0.359 e. The van der Waals surface area contributed by atoms with E-state index in [4.69, 9.17) is 4.99 Å². The van der Waals surface area contributed by atoms with Crippen LogP contribution < -0.4 is 5.32 Å². The number of nitrogens with zero attached hydrogens (tertiary/aromatic N) is 1. The van der Waals surface area contributed by atoms with Crippen LogP contribution in [0.25, 0.3) is 0 Å². The van der Waals surface area contributed by atoms with Gasteiger partial charge in [-0.15, -0.1) is 0 Å². The summed E-state index contributed by atoms with van der Waals surface area (Å²) in [5.41, 5.74) is 0.384. The second kappa shape index (κ2) is 6.74. The van der Waals surface area contributed by atoms with Crippen LogP contribution in [0.1, 0.15) is 64.7 Å². The largest absolute Gasteiger partial charge is 0.359 e. The molecular formula is C17H30N2S2. The lowest BCUT2D eigenvalue weighted by molar-refractivity contribution is 0.250. The van der Waals surface area contributed by atoms with Crippen molar-refractivity contribution >= 4 is 28.7 Å². The van der Waals surface area contributed by atoms with Gasteiger partial charge >= 0.3 is 0 Å². The van der Waals surface area contributed by atoms with Crippen LogP contribution in [0, 0.1) is 5.92 Å². The standard InChI is InChI=1S/C17H30N2S2/c1-14-6-10-16(11-7-14)13-21-15(19-16)18-12-17(20-2)8-4-3-5-9-17/h14H,3-13H2,1-2H3,(H,18,19). The molecule has 1 aliphatic heterocycles. The molecule has 0 aromatic heterocycles. The number of nitrogens with one attached hydrogen (secondary N) is 1. The summed E-state index contributed by atoms with van der Waals surface area (Å²) in [7, 11) is 0. The molecule has 1 saturated heterocycles.